The van der Waals surface area contributed by atoms with Crippen molar-refractivity contribution in [3.63, 3.8) is 0 Å². The van der Waals surface area contributed by atoms with Crippen LogP contribution >= 0.6 is 0 Å². The largest absolute Gasteiger partial charge is 0.484 e. The summed E-state index contributed by atoms with van der Waals surface area (Å²) in [6.45, 7) is 0. The summed E-state index contributed by atoms with van der Waals surface area (Å²) in [6.07, 6.45) is 7.97. The number of Topliss-reactive ketones (excluding diaryl/α,β-unsaturated/α-hetero) is 1. The molecule has 2 aliphatic rings. The van der Waals surface area contributed by atoms with Crippen LogP contribution in [0.4, 0.5) is 0 Å². The summed E-state index contributed by atoms with van der Waals surface area (Å²) in [5.74, 6) is 1.33. The van der Waals surface area contributed by atoms with E-state index < -0.39 is 0 Å². The van der Waals surface area contributed by atoms with E-state index in [4.69, 9.17) is 4.74 Å². The fraction of sp³-hybridized carbons (Fsp3) is 0.500. The zero-order valence-corrected chi connectivity index (χ0v) is 12.8. The second kappa shape index (κ2) is 5.92. The van der Waals surface area contributed by atoms with Crippen LogP contribution in [0.1, 0.15) is 42.5 Å². The number of benzene rings is 1. The summed E-state index contributed by atoms with van der Waals surface area (Å²) in [5, 5.41) is 0. The van der Waals surface area contributed by atoms with Crippen LogP contribution in [0.15, 0.2) is 36.0 Å². The van der Waals surface area contributed by atoms with Gasteiger partial charge in [0.2, 0.25) is 0 Å². The minimum atomic E-state index is -0.0879. The van der Waals surface area contributed by atoms with Crippen LogP contribution in [0.3, 0.4) is 0 Å². The highest BCUT2D eigenvalue weighted by atomic mass is 16.5. The van der Waals surface area contributed by atoms with E-state index in [0.29, 0.717) is 11.5 Å². The molecule has 1 aromatic rings. The van der Waals surface area contributed by atoms with E-state index in [2.05, 4.69) is 0 Å². The van der Waals surface area contributed by atoms with Crippen LogP contribution in [0.25, 0.3) is 0 Å². The van der Waals surface area contributed by atoms with Crippen LogP contribution < -0.4 is 4.74 Å². The van der Waals surface area contributed by atoms with Crippen molar-refractivity contribution in [1.29, 1.82) is 0 Å². The highest BCUT2D eigenvalue weighted by Gasteiger charge is 2.37. The fourth-order valence-electron chi connectivity index (χ4n) is 3.44. The third kappa shape index (κ3) is 2.82. The van der Waals surface area contributed by atoms with E-state index in [-0.39, 0.29) is 11.9 Å². The third-order valence-electron chi connectivity index (χ3n) is 4.43. The minimum Gasteiger partial charge on any atom is -0.484 e. The van der Waals surface area contributed by atoms with Gasteiger partial charge in [0.25, 0.3) is 0 Å². The molecule has 0 spiro atoms. The maximum atomic E-state index is 12.8. The number of hydrogen-bond donors (Lipinski definition) is 0. The van der Waals surface area contributed by atoms with E-state index in [1.165, 1.54) is 19.3 Å². The number of ketones is 1. The molecule has 0 bridgehead atoms. The SMILES string of the molecule is CN(C)/C=C1\C(=O)c2ccccc2OC1C1CCCCC1. The number of nitrogens with zero attached hydrogens (tertiary/aromatic N) is 1. The van der Waals surface area contributed by atoms with Crippen molar-refractivity contribution < 1.29 is 9.53 Å². The number of carbonyl (C=O) groups is 1. The molecule has 3 rings (SSSR count). The topological polar surface area (TPSA) is 29.5 Å². The summed E-state index contributed by atoms with van der Waals surface area (Å²) in [5.41, 5.74) is 1.50. The molecule has 0 amide bonds. The summed E-state index contributed by atoms with van der Waals surface area (Å²) in [6, 6.07) is 7.60. The highest BCUT2D eigenvalue weighted by molar-refractivity contribution is 6.12. The number of ether oxygens (including phenoxy) is 1. The Bertz CT molecular complexity index is 556. The van der Waals surface area contributed by atoms with Gasteiger partial charge in [-0.3, -0.25) is 4.79 Å². The number of rotatable bonds is 2. The smallest absolute Gasteiger partial charge is 0.197 e. The lowest BCUT2D eigenvalue weighted by molar-refractivity contribution is 0.0856. The van der Waals surface area contributed by atoms with E-state index in [0.717, 1.165) is 24.2 Å². The van der Waals surface area contributed by atoms with E-state index in [1.807, 2.05) is 49.5 Å². The zero-order valence-electron chi connectivity index (χ0n) is 12.8. The van der Waals surface area contributed by atoms with Gasteiger partial charge in [-0.05, 0) is 25.0 Å². The summed E-state index contributed by atoms with van der Waals surface area (Å²) in [4.78, 5) is 14.8. The number of carbonyl (C=O) groups excluding carboxylic acids is 1. The van der Waals surface area contributed by atoms with Crippen LogP contribution in [0.5, 0.6) is 5.75 Å². The second-order valence-electron chi connectivity index (χ2n) is 6.31. The molecular weight excluding hydrogens is 262 g/mol. The van der Waals surface area contributed by atoms with Gasteiger partial charge < -0.3 is 9.64 Å². The van der Waals surface area contributed by atoms with E-state index in [1.54, 1.807) is 0 Å². The molecule has 1 heterocycles. The van der Waals surface area contributed by atoms with Crippen LogP contribution in [-0.4, -0.2) is 30.9 Å². The van der Waals surface area contributed by atoms with Crippen LogP contribution in [0.2, 0.25) is 0 Å². The molecule has 1 aromatic carbocycles. The first-order chi connectivity index (χ1) is 10.2. The Kier molecular flexibility index (Phi) is 4.00. The van der Waals surface area contributed by atoms with Gasteiger partial charge in [-0.1, -0.05) is 31.4 Å². The fourth-order valence-corrected chi connectivity index (χ4v) is 3.44. The maximum absolute atomic E-state index is 12.8. The normalized spacial score (nSPS) is 24.6. The van der Waals surface area contributed by atoms with Crippen molar-refractivity contribution in [3.8, 4) is 5.75 Å². The van der Waals surface area contributed by atoms with Crippen molar-refractivity contribution in [3.05, 3.63) is 41.6 Å². The summed E-state index contributed by atoms with van der Waals surface area (Å²) < 4.78 is 6.24. The zero-order chi connectivity index (χ0) is 14.8. The second-order valence-corrected chi connectivity index (χ2v) is 6.31. The van der Waals surface area contributed by atoms with Gasteiger partial charge >= 0.3 is 0 Å². The lowest BCUT2D eigenvalue weighted by Crippen LogP contribution is -2.38. The number of para-hydroxylation sites is 1. The molecule has 1 atom stereocenters. The minimum absolute atomic E-state index is 0.0879. The summed E-state index contributed by atoms with van der Waals surface area (Å²) in [7, 11) is 3.91. The van der Waals surface area contributed by atoms with Gasteiger partial charge in [-0.25, -0.2) is 0 Å². The van der Waals surface area contributed by atoms with Gasteiger partial charge in [0.15, 0.2) is 5.78 Å². The Balaban J connectivity index is 1.98. The number of hydrogen-bond acceptors (Lipinski definition) is 3. The lowest BCUT2D eigenvalue weighted by Gasteiger charge is -2.35. The Morgan fingerprint density at radius 2 is 1.86 bits per heavy atom. The van der Waals surface area contributed by atoms with E-state index >= 15 is 0 Å². The van der Waals surface area contributed by atoms with Gasteiger partial charge in [0.05, 0.1) is 11.1 Å². The molecule has 1 aliphatic carbocycles. The third-order valence-corrected chi connectivity index (χ3v) is 4.43. The molecule has 1 fully saturated rings. The standard InChI is InChI=1S/C18H23NO2/c1-19(2)12-15-17(20)14-10-6-7-11-16(14)21-18(15)13-8-4-3-5-9-13/h6-7,10-13,18H,3-5,8-9H2,1-2H3/b15-12+. The highest BCUT2D eigenvalue weighted by Crippen LogP contribution is 2.38. The molecule has 0 N–H and O–H groups in total. The van der Waals surface area contributed by atoms with Crippen LogP contribution in [-0.2, 0) is 0 Å². The quantitative estimate of drug-likeness (QED) is 0.777. The predicted molar refractivity (Wildman–Crippen MR) is 83.5 cm³/mol. The van der Waals surface area contributed by atoms with Gasteiger partial charge in [-0.2, -0.15) is 0 Å². The Hall–Kier alpha value is -1.77. The number of fused-ring (bicyclic) bond motifs is 1. The Morgan fingerprint density at radius 3 is 2.57 bits per heavy atom. The molecule has 0 radical (unpaired) electrons. The molecule has 0 saturated heterocycles. The lowest BCUT2D eigenvalue weighted by atomic mass is 9.79. The molecule has 1 saturated carbocycles. The maximum Gasteiger partial charge on any atom is 0.197 e. The Labute approximate surface area is 126 Å². The average Bonchev–Trinajstić information content (AvgIpc) is 2.50. The van der Waals surface area contributed by atoms with Gasteiger partial charge in [-0.15, -0.1) is 0 Å². The first-order valence-electron chi connectivity index (χ1n) is 7.85. The molecule has 0 aromatic heterocycles. The summed E-state index contributed by atoms with van der Waals surface area (Å²) >= 11 is 0. The monoisotopic (exact) mass is 285 g/mol. The van der Waals surface area contributed by atoms with E-state index in [9.17, 15) is 4.79 Å². The molecule has 112 valence electrons. The van der Waals surface area contributed by atoms with Crippen molar-refractivity contribution >= 4 is 5.78 Å². The predicted octanol–water partition coefficient (Wildman–Crippen LogP) is 3.66. The first-order valence-corrected chi connectivity index (χ1v) is 7.85. The van der Waals surface area contributed by atoms with Crippen molar-refractivity contribution in [2.75, 3.05) is 14.1 Å². The molecular formula is C18H23NO2. The molecule has 1 unspecified atom stereocenters. The average molecular weight is 285 g/mol. The van der Waals surface area contributed by atoms with Gasteiger partial charge in [0.1, 0.15) is 11.9 Å². The van der Waals surface area contributed by atoms with Crippen molar-refractivity contribution in [1.82, 2.24) is 4.90 Å². The molecule has 3 nitrogen and oxygen atoms in total. The van der Waals surface area contributed by atoms with Crippen molar-refractivity contribution in [2.24, 2.45) is 5.92 Å². The van der Waals surface area contributed by atoms with Crippen molar-refractivity contribution in [2.45, 2.75) is 38.2 Å². The van der Waals surface area contributed by atoms with Gasteiger partial charge in [0, 0.05) is 26.2 Å². The molecule has 3 heteroatoms. The molecule has 21 heavy (non-hydrogen) atoms. The Morgan fingerprint density at radius 1 is 1.14 bits per heavy atom. The first kappa shape index (κ1) is 14.2. The van der Waals surface area contributed by atoms with Crippen LogP contribution in [0, 0.1) is 5.92 Å². The molecule has 1 aliphatic heterocycles.